The maximum absolute atomic E-state index is 11.6. The Kier molecular flexibility index (Phi) is 8.28. The zero-order chi connectivity index (χ0) is 16.4. The average Bonchev–Trinajstić information content (AvgIpc) is 2.47. The number of hydrazine groups is 1. The lowest BCUT2D eigenvalue weighted by molar-refractivity contribution is -0.122. The van der Waals surface area contributed by atoms with Crippen molar-refractivity contribution in [2.24, 2.45) is 5.92 Å². The highest BCUT2D eigenvalue weighted by Gasteiger charge is 2.03. The van der Waals surface area contributed by atoms with Crippen LogP contribution in [0.15, 0.2) is 24.3 Å². The number of rotatable bonds is 7. The first-order valence-corrected chi connectivity index (χ1v) is 7.90. The predicted molar refractivity (Wildman–Crippen MR) is 92.6 cm³/mol. The summed E-state index contributed by atoms with van der Waals surface area (Å²) < 4.78 is 5.49. The van der Waals surface area contributed by atoms with Gasteiger partial charge in [-0.05, 0) is 43.6 Å². The number of thiocarbonyl (C=S) groups is 1. The van der Waals surface area contributed by atoms with Crippen LogP contribution >= 0.6 is 12.2 Å². The molecule has 1 aromatic carbocycles. The summed E-state index contributed by atoms with van der Waals surface area (Å²) in [4.78, 5) is 11.6. The molecule has 3 N–H and O–H groups in total. The van der Waals surface area contributed by atoms with Crippen LogP contribution < -0.4 is 20.9 Å². The van der Waals surface area contributed by atoms with Crippen LogP contribution in [0, 0.1) is 12.8 Å². The Bertz CT molecular complexity index is 475. The standard InChI is InChI=1S/C16H25N3O2S/c1-12(2)8-10-17-16(22)19-18-15(20)9-11-21-14-6-4-13(3)5-7-14/h4-7,12H,8-11H2,1-3H3,(H,18,20)(H2,17,19,22). The van der Waals surface area contributed by atoms with Crippen LogP contribution in [-0.2, 0) is 4.79 Å². The van der Waals surface area contributed by atoms with E-state index in [2.05, 4.69) is 30.0 Å². The van der Waals surface area contributed by atoms with Crippen molar-refractivity contribution in [3.63, 3.8) is 0 Å². The van der Waals surface area contributed by atoms with Crippen molar-refractivity contribution in [1.82, 2.24) is 16.2 Å². The number of benzene rings is 1. The van der Waals surface area contributed by atoms with Gasteiger partial charge in [0.1, 0.15) is 5.75 Å². The molecule has 6 heteroatoms. The van der Waals surface area contributed by atoms with Crippen molar-refractivity contribution >= 4 is 23.2 Å². The van der Waals surface area contributed by atoms with Crippen LogP contribution in [0.2, 0.25) is 0 Å². The molecule has 0 bridgehead atoms. The smallest absolute Gasteiger partial charge is 0.241 e. The Labute approximate surface area is 137 Å². The van der Waals surface area contributed by atoms with Crippen LogP contribution in [0.4, 0.5) is 0 Å². The molecule has 0 aliphatic carbocycles. The Balaban J connectivity index is 2.10. The zero-order valence-electron chi connectivity index (χ0n) is 13.4. The van der Waals surface area contributed by atoms with Crippen LogP contribution in [0.3, 0.4) is 0 Å². The van der Waals surface area contributed by atoms with Crippen molar-refractivity contribution in [3.05, 3.63) is 29.8 Å². The zero-order valence-corrected chi connectivity index (χ0v) is 14.3. The maximum atomic E-state index is 11.6. The van der Waals surface area contributed by atoms with E-state index in [1.165, 1.54) is 5.56 Å². The molecule has 22 heavy (non-hydrogen) atoms. The first-order chi connectivity index (χ1) is 10.5. The molecule has 0 heterocycles. The highest BCUT2D eigenvalue weighted by molar-refractivity contribution is 7.80. The molecule has 0 radical (unpaired) electrons. The van der Waals surface area contributed by atoms with Gasteiger partial charge in [0.2, 0.25) is 5.91 Å². The van der Waals surface area contributed by atoms with Gasteiger partial charge in [-0.1, -0.05) is 31.5 Å². The Morgan fingerprint density at radius 3 is 2.55 bits per heavy atom. The number of hydrogen-bond acceptors (Lipinski definition) is 3. The number of ether oxygens (including phenoxy) is 1. The Morgan fingerprint density at radius 1 is 1.23 bits per heavy atom. The third-order valence-electron chi connectivity index (χ3n) is 2.94. The third kappa shape index (κ3) is 8.46. The van der Waals surface area contributed by atoms with E-state index in [0.717, 1.165) is 18.7 Å². The van der Waals surface area contributed by atoms with Gasteiger partial charge in [-0.15, -0.1) is 0 Å². The number of aryl methyl sites for hydroxylation is 1. The van der Waals surface area contributed by atoms with Gasteiger partial charge in [0.15, 0.2) is 5.11 Å². The lowest BCUT2D eigenvalue weighted by atomic mass is 10.1. The van der Waals surface area contributed by atoms with Crippen molar-refractivity contribution in [2.45, 2.75) is 33.6 Å². The lowest BCUT2D eigenvalue weighted by Gasteiger charge is -2.12. The third-order valence-corrected chi connectivity index (χ3v) is 3.19. The van der Waals surface area contributed by atoms with Gasteiger partial charge >= 0.3 is 0 Å². The summed E-state index contributed by atoms with van der Waals surface area (Å²) in [6, 6.07) is 7.72. The molecule has 0 spiro atoms. The van der Waals surface area contributed by atoms with E-state index in [4.69, 9.17) is 17.0 Å². The summed E-state index contributed by atoms with van der Waals surface area (Å²) in [5, 5.41) is 3.46. The Hall–Kier alpha value is -1.82. The number of hydrogen-bond donors (Lipinski definition) is 3. The highest BCUT2D eigenvalue weighted by Crippen LogP contribution is 2.11. The molecule has 0 aliphatic rings. The minimum Gasteiger partial charge on any atom is -0.493 e. The fourth-order valence-electron chi connectivity index (χ4n) is 1.60. The van der Waals surface area contributed by atoms with Crippen LogP contribution in [0.1, 0.15) is 32.3 Å². The number of amides is 1. The molecule has 0 unspecified atom stereocenters. The summed E-state index contributed by atoms with van der Waals surface area (Å²) in [7, 11) is 0. The first kappa shape index (κ1) is 18.2. The second-order valence-corrected chi connectivity index (χ2v) is 5.93. The summed E-state index contributed by atoms with van der Waals surface area (Å²) in [5.74, 6) is 1.21. The summed E-state index contributed by atoms with van der Waals surface area (Å²) in [6.07, 6.45) is 1.29. The fourth-order valence-corrected chi connectivity index (χ4v) is 1.76. The van der Waals surface area contributed by atoms with Gasteiger partial charge in [-0.3, -0.25) is 15.6 Å². The second-order valence-electron chi connectivity index (χ2n) is 5.52. The molecule has 0 saturated carbocycles. The minimum atomic E-state index is -0.167. The second kappa shape index (κ2) is 10.00. The molecule has 5 nitrogen and oxygen atoms in total. The topological polar surface area (TPSA) is 62.4 Å². The van der Waals surface area contributed by atoms with E-state index in [1.807, 2.05) is 31.2 Å². The van der Waals surface area contributed by atoms with Gasteiger partial charge < -0.3 is 10.1 Å². The van der Waals surface area contributed by atoms with Crippen LogP contribution in [-0.4, -0.2) is 24.2 Å². The van der Waals surface area contributed by atoms with E-state index < -0.39 is 0 Å². The molecular formula is C16H25N3O2S. The molecule has 1 aromatic rings. The fraction of sp³-hybridized carbons (Fsp3) is 0.500. The average molecular weight is 323 g/mol. The van der Waals surface area contributed by atoms with Crippen molar-refractivity contribution in [2.75, 3.05) is 13.2 Å². The molecule has 0 fully saturated rings. The summed E-state index contributed by atoms with van der Waals surface area (Å²) in [5.41, 5.74) is 6.39. The molecule has 122 valence electrons. The summed E-state index contributed by atoms with van der Waals surface area (Å²) >= 11 is 5.06. The minimum absolute atomic E-state index is 0.167. The molecular weight excluding hydrogens is 298 g/mol. The normalized spacial score (nSPS) is 10.2. The largest absolute Gasteiger partial charge is 0.493 e. The maximum Gasteiger partial charge on any atom is 0.241 e. The van der Waals surface area contributed by atoms with E-state index >= 15 is 0 Å². The number of carbonyl (C=O) groups excluding carboxylic acids is 1. The van der Waals surface area contributed by atoms with E-state index in [9.17, 15) is 4.79 Å². The lowest BCUT2D eigenvalue weighted by Crippen LogP contribution is -2.47. The molecule has 1 amide bonds. The molecule has 0 atom stereocenters. The molecule has 1 rings (SSSR count). The van der Waals surface area contributed by atoms with Gasteiger partial charge in [0.25, 0.3) is 0 Å². The van der Waals surface area contributed by atoms with Gasteiger partial charge in [-0.2, -0.15) is 0 Å². The SMILES string of the molecule is Cc1ccc(OCCC(=O)NNC(=S)NCCC(C)C)cc1. The molecule has 0 saturated heterocycles. The molecule has 0 aromatic heterocycles. The monoisotopic (exact) mass is 323 g/mol. The highest BCUT2D eigenvalue weighted by atomic mass is 32.1. The van der Waals surface area contributed by atoms with E-state index in [0.29, 0.717) is 17.6 Å². The van der Waals surface area contributed by atoms with Crippen LogP contribution in [0.5, 0.6) is 5.75 Å². The van der Waals surface area contributed by atoms with Crippen molar-refractivity contribution in [1.29, 1.82) is 0 Å². The van der Waals surface area contributed by atoms with E-state index in [-0.39, 0.29) is 12.3 Å². The number of nitrogens with one attached hydrogen (secondary N) is 3. The van der Waals surface area contributed by atoms with Gasteiger partial charge in [0, 0.05) is 6.54 Å². The predicted octanol–water partition coefficient (Wildman–Crippen LogP) is 2.31. The van der Waals surface area contributed by atoms with Crippen molar-refractivity contribution < 1.29 is 9.53 Å². The van der Waals surface area contributed by atoms with E-state index in [1.54, 1.807) is 0 Å². The van der Waals surface area contributed by atoms with Crippen LogP contribution in [0.25, 0.3) is 0 Å². The first-order valence-electron chi connectivity index (χ1n) is 7.49. The van der Waals surface area contributed by atoms with Gasteiger partial charge in [0.05, 0.1) is 13.0 Å². The van der Waals surface area contributed by atoms with Crippen molar-refractivity contribution in [3.8, 4) is 5.75 Å². The molecule has 0 aliphatic heterocycles. The number of carbonyl (C=O) groups is 1. The summed E-state index contributed by atoms with van der Waals surface area (Å²) in [6.45, 7) is 7.42. The van der Waals surface area contributed by atoms with Gasteiger partial charge in [-0.25, -0.2) is 0 Å². The quantitative estimate of drug-likeness (QED) is 0.531. The Morgan fingerprint density at radius 2 is 1.91 bits per heavy atom.